The summed E-state index contributed by atoms with van der Waals surface area (Å²) in [6.07, 6.45) is 0.723. The lowest BCUT2D eigenvalue weighted by Crippen LogP contribution is -2.39. The van der Waals surface area contributed by atoms with E-state index in [-0.39, 0.29) is 17.6 Å². The Balaban J connectivity index is 2.90. The Bertz CT molecular complexity index is 427. The summed E-state index contributed by atoms with van der Waals surface area (Å²) in [5, 5.41) is 12.1. The Morgan fingerprint density at radius 3 is 2.59 bits per heavy atom. The smallest absolute Gasteiger partial charge is 0.252 e. The zero-order chi connectivity index (χ0) is 13.0. The van der Waals surface area contributed by atoms with Gasteiger partial charge in [-0.3, -0.25) is 4.79 Å². The molecule has 0 radical (unpaired) electrons. The highest BCUT2D eigenvalue weighted by atomic mass is 16.3. The van der Waals surface area contributed by atoms with E-state index in [9.17, 15) is 14.7 Å². The van der Waals surface area contributed by atoms with Gasteiger partial charge in [0, 0.05) is 11.1 Å². The molecule has 0 saturated carbocycles. The lowest BCUT2D eigenvalue weighted by atomic mass is 10.0. The monoisotopic (exact) mass is 235 g/mol. The van der Waals surface area contributed by atoms with Crippen LogP contribution in [0, 0.1) is 12.8 Å². The van der Waals surface area contributed by atoms with Crippen molar-refractivity contribution in [2.24, 2.45) is 5.92 Å². The first-order valence-electron chi connectivity index (χ1n) is 5.52. The number of hydrogen-bond donors (Lipinski definition) is 2. The van der Waals surface area contributed by atoms with E-state index in [1.807, 2.05) is 13.8 Å². The van der Waals surface area contributed by atoms with Gasteiger partial charge >= 0.3 is 0 Å². The minimum Gasteiger partial charge on any atom is -0.508 e. The van der Waals surface area contributed by atoms with Gasteiger partial charge in [-0.05, 0) is 25.0 Å². The van der Waals surface area contributed by atoms with E-state index < -0.39 is 6.04 Å². The van der Waals surface area contributed by atoms with Crippen molar-refractivity contribution in [2.75, 3.05) is 0 Å². The van der Waals surface area contributed by atoms with Crippen molar-refractivity contribution < 1.29 is 14.7 Å². The molecule has 1 aromatic carbocycles. The maximum atomic E-state index is 11.9. The highest BCUT2D eigenvalue weighted by Crippen LogP contribution is 2.19. The molecule has 0 aromatic heterocycles. The van der Waals surface area contributed by atoms with Crippen LogP contribution >= 0.6 is 0 Å². The molecule has 17 heavy (non-hydrogen) atoms. The zero-order valence-corrected chi connectivity index (χ0v) is 10.2. The second-order valence-corrected chi connectivity index (χ2v) is 4.33. The number of phenolic OH excluding ortho intramolecular Hbond substituents is 1. The predicted octanol–water partition coefficient (Wildman–Crippen LogP) is 1.65. The van der Waals surface area contributed by atoms with Gasteiger partial charge in [-0.15, -0.1) is 0 Å². The van der Waals surface area contributed by atoms with Gasteiger partial charge in [-0.2, -0.15) is 0 Å². The summed E-state index contributed by atoms with van der Waals surface area (Å²) < 4.78 is 0. The van der Waals surface area contributed by atoms with Gasteiger partial charge in [-0.25, -0.2) is 0 Å². The molecular weight excluding hydrogens is 218 g/mol. The Kier molecular flexibility index (Phi) is 4.26. The average Bonchev–Trinajstić information content (AvgIpc) is 2.28. The Morgan fingerprint density at radius 2 is 2.06 bits per heavy atom. The number of aldehydes is 1. The van der Waals surface area contributed by atoms with Crippen molar-refractivity contribution in [1.29, 1.82) is 0 Å². The number of carbonyl (C=O) groups excluding carboxylic acids is 2. The fraction of sp³-hybridized carbons (Fsp3) is 0.385. The molecule has 0 aliphatic heterocycles. The molecule has 0 aliphatic carbocycles. The van der Waals surface area contributed by atoms with Gasteiger partial charge in [0.15, 0.2) is 0 Å². The number of carbonyl (C=O) groups is 2. The lowest BCUT2D eigenvalue weighted by Gasteiger charge is -2.17. The first-order chi connectivity index (χ1) is 7.97. The SMILES string of the molecule is Cc1c(O)cccc1C(=O)N[C@H](C=O)C(C)C. The second kappa shape index (κ2) is 5.48. The maximum absolute atomic E-state index is 11.9. The molecule has 92 valence electrons. The fourth-order valence-electron chi connectivity index (χ4n) is 1.46. The highest BCUT2D eigenvalue weighted by molar-refractivity contribution is 5.97. The van der Waals surface area contributed by atoms with Crippen LogP contribution in [0.4, 0.5) is 0 Å². The van der Waals surface area contributed by atoms with Crippen LogP contribution in [0.1, 0.15) is 29.8 Å². The number of hydrogen-bond acceptors (Lipinski definition) is 3. The van der Waals surface area contributed by atoms with Crippen molar-refractivity contribution in [1.82, 2.24) is 5.32 Å². The van der Waals surface area contributed by atoms with Gasteiger partial charge in [-0.1, -0.05) is 19.9 Å². The standard InChI is InChI=1S/C13H17NO3/c1-8(2)11(7-15)14-13(17)10-5-4-6-12(16)9(10)3/h4-8,11,16H,1-3H3,(H,14,17)/t11-/m1/s1. The van der Waals surface area contributed by atoms with Gasteiger partial charge in [0.2, 0.25) is 0 Å². The first-order valence-corrected chi connectivity index (χ1v) is 5.52. The molecule has 2 N–H and O–H groups in total. The van der Waals surface area contributed by atoms with Crippen LogP contribution in [0.15, 0.2) is 18.2 Å². The van der Waals surface area contributed by atoms with Gasteiger partial charge in [0.25, 0.3) is 5.91 Å². The Hall–Kier alpha value is -1.84. The van der Waals surface area contributed by atoms with Crippen molar-refractivity contribution in [2.45, 2.75) is 26.8 Å². The summed E-state index contributed by atoms with van der Waals surface area (Å²) in [5.41, 5.74) is 0.899. The molecule has 0 unspecified atom stereocenters. The van der Waals surface area contributed by atoms with E-state index in [1.165, 1.54) is 6.07 Å². The fourth-order valence-corrected chi connectivity index (χ4v) is 1.46. The zero-order valence-electron chi connectivity index (χ0n) is 10.2. The third kappa shape index (κ3) is 3.06. The summed E-state index contributed by atoms with van der Waals surface area (Å²) in [7, 11) is 0. The lowest BCUT2D eigenvalue weighted by molar-refractivity contribution is -0.110. The summed E-state index contributed by atoms with van der Waals surface area (Å²) >= 11 is 0. The quantitative estimate of drug-likeness (QED) is 0.780. The molecule has 0 heterocycles. The minimum absolute atomic E-state index is 0.0362. The van der Waals surface area contributed by atoms with E-state index in [1.54, 1.807) is 19.1 Å². The number of aromatic hydroxyl groups is 1. The first kappa shape index (κ1) is 13.2. The molecule has 1 atom stereocenters. The van der Waals surface area contributed by atoms with Crippen LogP contribution in [-0.2, 0) is 4.79 Å². The molecule has 0 spiro atoms. The highest BCUT2D eigenvalue weighted by Gasteiger charge is 2.18. The van der Waals surface area contributed by atoms with Crippen LogP contribution in [0.2, 0.25) is 0 Å². The molecular formula is C13H17NO3. The molecule has 4 nitrogen and oxygen atoms in total. The second-order valence-electron chi connectivity index (χ2n) is 4.33. The van der Waals surface area contributed by atoms with Crippen LogP contribution in [0.25, 0.3) is 0 Å². The van der Waals surface area contributed by atoms with Crippen molar-refractivity contribution >= 4 is 12.2 Å². The third-order valence-corrected chi connectivity index (χ3v) is 2.71. The van der Waals surface area contributed by atoms with Crippen LogP contribution in [0.5, 0.6) is 5.75 Å². The molecule has 0 bridgehead atoms. The molecule has 1 rings (SSSR count). The average molecular weight is 235 g/mol. The van der Waals surface area contributed by atoms with Gasteiger partial charge in [0.05, 0.1) is 6.04 Å². The summed E-state index contributed by atoms with van der Waals surface area (Å²) in [6, 6.07) is 4.23. The number of rotatable bonds is 4. The van der Waals surface area contributed by atoms with E-state index in [4.69, 9.17) is 0 Å². The Labute approximate surface area is 101 Å². The molecule has 1 aromatic rings. The summed E-state index contributed by atoms with van der Waals surface area (Å²) in [4.78, 5) is 22.7. The van der Waals surface area contributed by atoms with E-state index in [2.05, 4.69) is 5.32 Å². The number of phenols is 1. The molecule has 0 aliphatic rings. The third-order valence-electron chi connectivity index (χ3n) is 2.71. The number of amides is 1. The van der Waals surface area contributed by atoms with Crippen molar-refractivity contribution in [3.05, 3.63) is 29.3 Å². The molecule has 1 amide bonds. The normalized spacial score (nSPS) is 12.2. The molecule has 0 fully saturated rings. The maximum Gasteiger partial charge on any atom is 0.252 e. The number of benzene rings is 1. The van der Waals surface area contributed by atoms with Crippen molar-refractivity contribution in [3.63, 3.8) is 0 Å². The van der Waals surface area contributed by atoms with E-state index in [0.29, 0.717) is 11.1 Å². The topological polar surface area (TPSA) is 66.4 Å². The molecule has 0 saturated heterocycles. The predicted molar refractivity (Wildman–Crippen MR) is 65.0 cm³/mol. The van der Waals surface area contributed by atoms with E-state index in [0.717, 1.165) is 6.29 Å². The number of nitrogens with one attached hydrogen (secondary N) is 1. The van der Waals surface area contributed by atoms with Crippen LogP contribution in [-0.4, -0.2) is 23.3 Å². The van der Waals surface area contributed by atoms with Crippen molar-refractivity contribution in [3.8, 4) is 5.75 Å². The van der Waals surface area contributed by atoms with E-state index >= 15 is 0 Å². The largest absolute Gasteiger partial charge is 0.508 e. The summed E-state index contributed by atoms with van der Waals surface area (Å²) in [6.45, 7) is 5.37. The van der Waals surface area contributed by atoms with Gasteiger partial charge < -0.3 is 15.2 Å². The Morgan fingerprint density at radius 1 is 1.41 bits per heavy atom. The van der Waals surface area contributed by atoms with Gasteiger partial charge in [0.1, 0.15) is 12.0 Å². The molecule has 4 heteroatoms. The van der Waals surface area contributed by atoms with Crippen LogP contribution < -0.4 is 5.32 Å². The summed E-state index contributed by atoms with van der Waals surface area (Å²) in [5.74, 6) is -0.233. The minimum atomic E-state index is -0.510. The van der Waals surface area contributed by atoms with Crippen LogP contribution in [0.3, 0.4) is 0 Å².